The van der Waals surface area contributed by atoms with Gasteiger partial charge in [0.2, 0.25) is 0 Å². The van der Waals surface area contributed by atoms with E-state index in [1.807, 2.05) is 37.3 Å². The Hall–Kier alpha value is -1.00. The maximum Gasteiger partial charge on any atom is 0.328 e. The van der Waals surface area contributed by atoms with Crippen LogP contribution in [0.25, 0.3) is 0 Å². The molecule has 0 heterocycles. The maximum atomic E-state index is 11.9. The summed E-state index contributed by atoms with van der Waals surface area (Å²) in [5.74, 6) is 0.0387. The Labute approximate surface area is 126 Å². The van der Waals surface area contributed by atoms with Gasteiger partial charge in [0, 0.05) is 0 Å². The van der Waals surface area contributed by atoms with Gasteiger partial charge in [0.25, 0.3) is 0 Å². The zero-order valence-corrected chi connectivity index (χ0v) is 13.4. The molecule has 1 unspecified atom stereocenters. The van der Waals surface area contributed by atoms with E-state index in [-0.39, 0.29) is 0 Å². The molecule has 20 heavy (non-hydrogen) atoms. The van der Waals surface area contributed by atoms with E-state index in [9.17, 15) is 9.90 Å². The molecule has 112 valence electrons. The predicted octanol–water partition coefficient (Wildman–Crippen LogP) is 3.50. The summed E-state index contributed by atoms with van der Waals surface area (Å²) in [5, 5.41) is 13.6. The minimum atomic E-state index is -0.973. The predicted molar refractivity (Wildman–Crippen MR) is 86.3 cm³/mol. The molecule has 1 aromatic carbocycles. The van der Waals surface area contributed by atoms with E-state index < -0.39 is 11.5 Å². The van der Waals surface area contributed by atoms with Crippen LogP contribution in [-0.2, 0) is 10.3 Å². The van der Waals surface area contributed by atoms with Crippen LogP contribution < -0.4 is 5.32 Å². The van der Waals surface area contributed by atoms with Gasteiger partial charge in [-0.3, -0.25) is 5.32 Å². The van der Waals surface area contributed by atoms with Crippen molar-refractivity contribution < 1.29 is 9.90 Å². The van der Waals surface area contributed by atoms with Crippen LogP contribution in [0.15, 0.2) is 30.3 Å². The van der Waals surface area contributed by atoms with Gasteiger partial charge in [-0.15, -0.1) is 0 Å². The zero-order chi connectivity index (χ0) is 15.0. The fourth-order valence-corrected chi connectivity index (χ4v) is 3.05. The third-order valence-electron chi connectivity index (χ3n) is 3.24. The molecule has 0 amide bonds. The number of hydrogen-bond acceptors (Lipinski definition) is 3. The molecule has 2 N–H and O–H groups in total. The highest BCUT2D eigenvalue weighted by molar-refractivity contribution is 7.99. The van der Waals surface area contributed by atoms with Crippen molar-refractivity contribution in [3.8, 4) is 0 Å². The maximum absolute atomic E-state index is 11.9. The summed E-state index contributed by atoms with van der Waals surface area (Å²) >= 11 is 1.80. The molecule has 0 radical (unpaired) electrons. The van der Waals surface area contributed by atoms with Gasteiger partial charge in [0.15, 0.2) is 0 Å². The lowest BCUT2D eigenvalue weighted by molar-refractivity contribution is -0.145. The number of rotatable bonds is 9. The molecule has 0 bridgehead atoms. The first-order chi connectivity index (χ1) is 9.53. The van der Waals surface area contributed by atoms with Crippen molar-refractivity contribution in [2.24, 2.45) is 0 Å². The highest BCUT2D eigenvalue weighted by Crippen LogP contribution is 2.28. The van der Waals surface area contributed by atoms with Crippen molar-refractivity contribution >= 4 is 17.7 Å². The van der Waals surface area contributed by atoms with Gasteiger partial charge in [-0.25, -0.2) is 4.79 Å². The molecule has 0 aliphatic heterocycles. The van der Waals surface area contributed by atoms with Crippen molar-refractivity contribution in [1.82, 2.24) is 5.32 Å². The van der Waals surface area contributed by atoms with Crippen LogP contribution in [0, 0.1) is 0 Å². The SMILES string of the molecule is CCCNC(CCSC(C)C)(C(=O)O)c1ccccc1. The molecule has 3 nitrogen and oxygen atoms in total. The van der Waals surface area contributed by atoms with E-state index in [0.29, 0.717) is 18.2 Å². The van der Waals surface area contributed by atoms with Gasteiger partial charge in [-0.1, -0.05) is 51.1 Å². The lowest BCUT2D eigenvalue weighted by Crippen LogP contribution is -2.50. The first-order valence-electron chi connectivity index (χ1n) is 7.18. The summed E-state index contributed by atoms with van der Waals surface area (Å²) in [6.07, 6.45) is 1.51. The van der Waals surface area contributed by atoms with Crippen LogP contribution in [0.5, 0.6) is 0 Å². The largest absolute Gasteiger partial charge is 0.480 e. The van der Waals surface area contributed by atoms with E-state index in [1.54, 1.807) is 11.8 Å². The van der Waals surface area contributed by atoms with Gasteiger partial charge < -0.3 is 5.11 Å². The minimum absolute atomic E-state index is 0.517. The molecule has 0 saturated carbocycles. The Kier molecular flexibility index (Phi) is 7.10. The fraction of sp³-hybridized carbons (Fsp3) is 0.562. The monoisotopic (exact) mass is 295 g/mol. The molecule has 1 rings (SSSR count). The van der Waals surface area contributed by atoms with Gasteiger partial charge in [-0.05, 0) is 36.0 Å². The molecule has 0 aliphatic carbocycles. The summed E-state index contributed by atoms with van der Waals surface area (Å²) in [6.45, 7) is 7.02. The molecule has 0 spiro atoms. The Morgan fingerprint density at radius 1 is 1.35 bits per heavy atom. The second kappa shape index (κ2) is 8.32. The number of carboxylic acids is 1. The summed E-state index contributed by atoms with van der Waals surface area (Å²) in [5.41, 5.74) is -0.135. The summed E-state index contributed by atoms with van der Waals surface area (Å²) in [6, 6.07) is 9.51. The summed E-state index contributed by atoms with van der Waals surface area (Å²) in [7, 11) is 0. The number of thioether (sulfide) groups is 1. The Morgan fingerprint density at radius 3 is 2.50 bits per heavy atom. The zero-order valence-electron chi connectivity index (χ0n) is 12.6. The third kappa shape index (κ3) is 4.53. The topological polar surface area (TPSA) is 49.3 Å². The van der Waals surface area contributed by atoms with Crippen LogP contribution in [0.4, 0.5) is 0 Å². The highest BCUT2D eigenvalue weighted by Gasteiger charge is 2.39. The Morgan fingerprint density at radius 2 is 2.00 bits per heavy atom. The quantitative estimate of drug-likeness (QED) is 0.732. The molecule has 0 fully saturated rings. The van der Waals surface area contributed by atoms with Gasteiger partial charge in [0.1, 0.15) is 5.54 Å². The molecular formula is C16H25NO2S. The van der Waals surface area contributed by atoms with Crippen LogP contribution in [0.1, 0.15) is 39.2 Å². The standard InChI is InChI=1S/C16H25NO2S/c1-4-11-17-16(15(18)19,10-12-20-13(2)3)14-8-6-5-7-9-14/h5-9,13,17H,4,10-12H2,1-3H3,(H,18,19). The second-order valence-electron chi connectivity index (χ2n) is 5.17. The fourth-order valence-electron chi connectivity index (χ4n) is 2.15. The first kappa shape index (κ1) is 17.1. The van der Waals surface area contributed by atoms with Gasteiger partial charge in [0.05, 0.1) is 0 Å². The number of hydrogen-bond donors (Lipinski definition) is 2. The minimum Gasteiger partial charge on any atom is -0.480 e. The summed E-state index contributed by atoms with van der Waals surface area (Å²) in [4.78, 5) is 11.9. The van der Waals surface area contributed by atoms with E-state index in [2.05, 4.69) is 19.2 Å². The molecule has 1 aromatic rings. The van der Waals surface area contributed by atoms with E-state index >= 15 is 0 Å². The van der Waals surface area contributed by atoms with E-state index in [4.69, 9.17) is 0 Å². The molecule has 0 saturated heterocycles. The Bertz CT molecular complexity index is 408. The third-order valence-corrected chi connectivity index (χ3v) is 4.34. The molecule has 1 atom stereocenters. The van der Waals surface area contributed by atoms with Crippen LogP contribution >= 0.6 is 11.8 Å². The van der Waals surface area contributed by atoms with E-state index in [1.165, 1.54) is 0 Å². The van der Waals surface area contributed by atoms with Crippen molar-refractivity contribution in [2.75, 3.05) is 12.3 Å². The number of aliphatic carboxylic acids is 1. The summed E-state index contributed by atoms with van der Waals surface area (Å²) < 4.78 is 0. The van der Waals surface area contributed by atoms with Gasteiger partial charge >= 0.3 is 5.97 Å². The number of benzene rings is 1. The number of nitrogens with one attached hydrogen (secondary N) is 1. The average molecular weight is 295 g/mol. The molecular weight excluding hydrogens is 270 g/mol. The number of carboxylic acid groups (broad SMARTS) is 1. The number of carbonyl (C=O) groups is 1. The Balaban J connectivity index is 2.98. The normalized spacial score (nSPS) is 14.2. The van der Waals surface area contributed by atoms with Crippen molar-refractivity contribution in [2.45, 2.75) is 44.4 Å². The lowest BCUT2D eigenvalue weighted by Gasteiger charge is -2.31. The van der Waals surface area contributed by atoms with Crippen LogP contribution in [0.2, 0.25) is 0 Å². The van der Waals surface area contributed by atoms with Crippen molar-refractivity contribution in [3.05, 3.63) is 35.9 Å². The van der Waals surface area contributed by atoms with Crippen molar-refractivity contribution in [1.29, 1.82) is 0 Å². The van der Waals surface area contributed by atoms with Crippen LogP contribution in [0.3, 0.4) is 0 Å². The van der Waals surface area contributed by atoms with Gasteiger partial charge in [-0.2, -0.15) is 11.8 Å². The first-order valence-corrected chi connectivity index (χ1v) is 8.23. The smallest absolute Gasteiger partial charge is 0.328 e. The molecule has 0 aliphatic rings. The van der Waals surface area contributed by atoms with Crippen molar-refractivity contribution in [3.63, 3.8) is 0 Å². The lowest BCUT2D eigenvalue weighted by atomic mass is 9.87. The highest BCUT2D eigenvalue weighted by atomic mass is 32.2. The van der Waals surface area contributed by atoms with E-state index in [0.717, 1.165) is 17.7 Å². The second-order valence-corrected chi connectivity index (χ2v) is 6.86. The molecule has 0 aromatic heterocycles. The van der Waals surface area contributed by atoms with Crippen LogP contribution in [-0.4, -0.2) is 28.6 Å². The molecule has 4 heteroatoms. The average Bonchev–Trinajstić information content (AvgIpc) is 2.43.